The van der Waals surface area contributed by atoms with Crippen LogP contribution in [0.15, 0.2) is 60.7 Å². The van der Waals surface area contributed by atoms with Gasteiger partial charge in [-0.25, -0.2) is 4.39 Å². The van der Waals surface area contributed by atoms with Gasteiger partial charge in [-0.3, -0.25) is 4.79 Å². The summed E-state index contributed by atoms with van der Waals surface area (Å²) in [5.74, 6) is -0.123. The van der Waals surface area contributed by atoms with Crippen LogP contribution in [-0.4, -0.2) is 13.0 Å². The van der Waals surface area contributed by atoms with E-state index >= 15 is 0 Å². The fourth-order valence-electron chi connectivity index (χ4n) is 3.44. The standard InChI is InChI=1S/C22H18ClFN2O2/c1-13(27)25-15-8-10-16(11-9-15)26-22(23)20-17(24)12-18(28-2)19(21(20)22)14-6-4-3-5-7-14/h3-12,26H,1-2H3,(H,25,27). The molecule has 0 saturated carbocycles. The fourth-order valence-corrected chi connectivity index (χ4v) is 3.87. The monoisotopic (exact) mass is 396 g/mol. The minimum Gasteiger partial charge on any atom is -0.496 e. The lowest BCUT2D eigenvalue weighted by Crippen LogP contribution is -2.13. The van der Waals surface area contributed by atoms with E-state index in [9.17, 15) is 9.18 Å². The van der Waals surface area contributed by atoms with Crippen molar-refractivity contribution in [3.8, 4) is 16.9 Å². The van der Waals surface area contributed by atoms with Gasteiger partial charge in [0, 0.05) is 41.1 Å². The van der Waals surface area contributed by atoms with Gasteiger partial charge < -0.3 is 15.4 Å². The summed E-state index contributed by atoms with van der Waals surface area (Å²) in [6, 6.07) is 18.1. The van der Waals surface area contributed by atoms with Crippen molar-refractivity contribution in [2.24, 2.45) is 0 Å². The molecule has 3 aromatic carbocycles. The average molecular weight is 397 g/mol. The van der Waals surface area contributed by atoms with Crippen LogP contribution in [0.1, 0.15) is 18.1 Å². The zero-order valence-corrected chi connectivity index (χ0v) is 16.1. The molecule has 28 heavy (non-hydrogen) atoms. The van der Waals surface area contributed by atoms with Gasteiger partial charge >= 0.3 is 0 Å². The Balaban J connectivity index is 1.70. The molecule has 0 radical (unpaired) electrons. The molecule has 0 fully saturated rings. The van der Waals surface area contributed by atoms with Crippen molar-refractivity contribution < 1.29 is 13.9 Å². The van der Waals surface area contributed by atoms with E-state index in [1.165, 1.54) is 20.1 Å². The highest BCUT2D eigenvalue weighted by molar-refractivity contribution is 6.32. The maximum Gasteiger partial charge on any atom is 0.221 e. The van der Waals surface area contributed by atoms with E-state index in [1.807, 2.05) is 30.3 Å². The lowest BCUT2D eigenvalue weighted by Gasteiger charge is -2.14. The minimum absolute atomic E-state index is 0.147. The zero-order valence-electron chi connectivity index (χ0n) is 15.3. The van der Waals surface area contributed by atoms with E-state index in [0.717, 1.165) is 11.1 Å². The molecule has 0 spiro atoms. The number of carbonyl (C=O) groups excluding carboxylic acids is 1. The van der Waals surface area contributed by atoms with Gasteiger partial charge in [-0.15, -0.1) is 0 Å². The van der Waals surface area contributed by atoms with Gasteiger partial charge in [0.1, 0.15) is 11.6 Å². The molecular weight excluding hydrogens is 379 g/mol. The number of hydrogen-bond donors (Lipinski definition) is 2. The normalized spacial score (nSPS) is 16.9. The Morgan fingerprint density at radius 2 is 1.68 bits per heavy atom. The predicted octanol–water partition coefficient (Wildman–Crippen LogP) is 5.33. The second-order valence-corrected chi connectivity index (χ2v) is 7.16. The van der Waals surface area contributed by atoms with E-state index in [2.05, 4.69) is 10.6 Å². The smallest absolute Gasteiger partial charge is 0.221 e. The summed E-state index contributed by atoms with van der Waals surface area (Å²) >= 11 is 6.81. The van der Waals surface area contributed by atoms with E-state index in [-0.39, 0.29) is 5.91 Å². The lowest BCUT2D eigenvalue weighted by molar-refractivity contribution is -0.114. The third-order valence-corrected chi connectivity index (χ3v) is 5.15. The van der Waals surface area contributed by atoms with Crippen LogP contribution in [0.3, 0.4) is 0 Å². The molecule has 0 aliphatic heterocycles. The molecular formula is C22H18ClFN2O2. The summed E-state index contributed by atoms with van der Waals surface area (Å²) in [5, 5.41) is 5.90. The molecule has 2 N–H and O–H groups in total. The van der Waals surface area contributed by atoms with Gasteiger partial charge in [0.2, 0.25) is 5.91 Å². The summed E-state index contributed by atoms with van der Waals surface area (Å²) in [4.78, 5) is 10.0. The number of halogens is 2. The molecule has 1 amide bonds. The lowest BCUT2D eigenvalue weighted by atomic mass is 10.0. The zero-order chi connectivity index (χ0) is 19.9. The van der Waals surface area contributed by atoms with Crippen molar-refractivity contribution in [3.63, 3.8) is 0 Å². The number of carbonyl (C=O) groups is 1. The van der Waals surface area contributed by atoms with Crippen LogP contribution in [0, 0.1) is 5.82 Å². The molecule has 0 aromatic heterocycles. The number of benzene rings is 3. The van der Waals surface area contributed by atoms with Crippen LogP contribution in [0.2, 0.25) is 0 Å². The van der Waals surface area contributed by atoms with Crippen molar-refractivity contribution in [1.82, 2.24) is 0 Å². The van der Waals surface area contributed by atoms with Gasteiger partial charge in [0.15, 0.2) is 5.00 Å². The molecule has 1 aliphatic rings. The van der Waals surface area contributed by atoms with Crippen molar-refractivity contribution in [2.45, 2.75) is 11.9 Å². The van der Waals surface area contributed by atoms with Gasteiger partial charge in [-0.1, -0.05) is 41.9 Å². The van der Waals surface area contributed by atoms with Crippen molar-refractivity contribution in [1.29, 1.82) is 0 Å². The Hall–Kier alpha value is -3.05. The van der Waals surface area contributed by atoms with Crippen LogP contribution in [0.5, 0.6) is 5.75 Å². The summed E-state index contributed by atoms with van der Waals surface area (Å²) in [7, 11) is 1.51. The van der Waals surface area contributed by atoms with E-state index in [0.29, 0.717) is 28.3 Å². The highest BCUT2D eigenvalue weighted by atomic mass is 35.5. The second-order valence-electron chi connectivity index (χ2n) is 6.59. The Kier molecular flexibility index (Phi) is 4.47. The first-order valence-corrected chi connectivity index (χ1v) is 9.13. The number of hydrogen-bond acceptors (Lipinski definition) is 3. The SMILES string of the molecule is COc1cc(F)c2c(c1-c1ccccc1)C2(Cl)Nc1ccc(NC(C)=O)cc1. The molecule has 1 aliphatic carbocycles. The molecule has 142 valence electrons. The molecule has 0 bridgehead atoms. The Morgan fingerprint density at radius 3 is 2.29 bits per heavy atom. The molecule has 0 saturated heterocycles. The van der Waals surface area contributed by atoms with E-state index in [1.54, 1.807) is 24.3 Å². The first-order chi connectivity index (χ1) is 13.4. The molecule has 6 heteroatoms. The number of amides is 1. The van der Waals surface area contributed by atoms with Crippen molar-refractivity contribution >= 4 is 28.9 Å². The van der Waals surface area contributed by atoms with E-state index < -0.39 is 10.8 Å². The van der Waals surface area contributed by atoms with Gasteiger partial charge in [-0.2, -0.15) is 0 Å². The van der Waals surface area contributed by atoms with Crippen LogP contribution < -0.4 is 15.4 Å². The van der Waals surface area contributed by atoms with Gasteiger partial charge in [-0.05, 0) is 29.8 Å². The maximum absolute atomic E-state index is 14.7. The van der Waals surface area contributed by atoms with Crippen LogP contribution in [0.25, 0.3) is 11.1 Å². The number of methoxy groups -OCH3 is 1. The van der Waals surface area contributed by atoms with E-state index in [4.69, 9.17) is 16.3 Å². The first kappa shape index (κ1) is 18.3. The molecule has 4 nitrogen and oxygen atoms in total. The highest BCUT2D eigenvalue weighted by Crippen LogP contribution is 2.61. The highest BCUT2D eigenvalue weighted by Gasteiger charge is 2.55. The molecule has 3 aromatic rings. The number of anilines is 2. The minimum atomic E-state index is -1.15. The molecule has 4 rings (SSSR count). The van der Waals surface area contributed by atoms with Crippen LogP contribution in [-0.2, 0) is 9.79 Å². The maximum atomic E-state index is 14.7. The Labute approximate surface area is 167 Å². The number of rotatable bonds is 5. The topological polar surface area (TPSA) is 50.4 Å². The number of nitrogens with one attached hydrogen (secondary N) is 2. The summed E-state index contributed by atoms with van der Waals surface area (Å²) < 4.78 is 20.1. The van der Waals surface area contributed by atoms with Gasteiger partial charge in [0.25, 0.3) is 0 Å². The Bertz CT molecular complexity index is 1050. The molecule has 0 heterocycles. The van der Waals surface area contributed by atoms with Crippen LogP contribution in [0.4, 0.5) is 15.8 Å². The summed E-state index contributed by atoms with van der Waals surface area (Å²) in [6.07, 6.45) is 0. The second kappa shape index (κ2) is 6.84. The van der Waals surface area contributed by atoms with Crippen molar-refractivity contribution in [2.75, 3.05) is 17.7 Å². The van der Waals surface area contributed by atoms with Gasteiger partial charge in [0.05, 0.1) is 7.11 Å². The summed E-state index contributed by atoms with van der Waals surface area (Å²) in [5.41, 5.74) is 4.14. The Morgan fingerprint density at radius 1 is 1.04 bits per heavy atom. The first-order valence-electron chi connectivity index (χ1n) is 8.75. The fraction of sp³-hybridized carbons (Fsp3) is 0.136. The largest absolute Gasteiger partial charge is 0.496 e. The number of fused-ring (bicyclic) bond motifs is 1. The number of ether oxygens (including phenoxy) is 1. The average Bonchev–Trinajstić information content (AvgIpc) is 3.29. The quantitative estimate of drug-likeness (QED) is 0.453. The van der Waals surface area contributed by atoms with Crippen LogP contribution >= 0.6 is 11.6 Å². The molecule has 1 atom stereocenters. The molecule has 1 unspecified atom stereocenters. The predicted molar refractivity (Wildman–Crippen MR) is 109 cm³/mol. The van der Waals surface area contributed by atoms with Crippen molar-refractivity contribution in [3.05, 3.63) is 77.6 Å². The third-order valence-electron chi connectivity index (χ3n) is 4.67. The number of alkyl halides is 1. The third kappa shape index (κ3) is 3.08. The summed E-state index contributed by atoms with van der Waals surface area (Å²) in [6.45, 7) is 1.45.